The van der Waals surface area contributed by atoms with Gasteiger partial charge in [-0.3, -0.25) is 4.79 Å². The van der Waals surface area contributed by atoms with E-state index in [4.69, 9.17) is 9.26 Å². The first kappa shape index (κ1) is 15.3. The quantitative estimate of drug-likeness (QED) is 0.863. The molecule has 0 N–H and O–H groups in total. The Morgan fingerprint density at radius 2 is 2.12 bits per heavy atom. The van der Waals surface area contributed by atoms with E-state index in [2.05, 4.69) is 10.1 Å². The number of morpholine rings is 1. The molecule has 1 amide bonds. The molecule has 24 heavy (non-hydrogen) atoms. The van der Waals surface area contributed by atoms with Crippen LogP contribution in [0.2, 0.25) is 0 Å². The third-order valence-electron chi connectivity index (χ3n) is 4.62. The number of carbonyl (C=O) groups excluding carboxylic acids is 1. The molecule has 3 atom stereocenters. The number of hydrogen-bond donors (Lipinski definition) is 0. The van der Waals surface area contributed by atoms with Gasteiger partial charge in [-0.2, -0.15) is 4.98 Å². The van der Waals surface area contributed by atoms with Crippen LogP contribution in [0.5, 0.6) is 0 Å². The first-order chi connectivity index (χ1) is 11.6. The molecular formula is C17H18FN3O3. The zero-order valence-electron chi connectivity index (χ0n) is 13.3. The van der Waals surface area contributed by atoms with E-state index < -0.39 is 0 Å². The van der Waals surface area contributed by atoms with E-state index in [1.54, 1.807) is 19.1 Å². The van der Waals surface area contributed by atoms with Gasteiger partial charge in [-0.15, -0.1) is 0 Å². The molecule has 1 aromatic heterocycles. The molecule has 2 fully saturated rings. The average Bonchev–Trinajstić information content (AvgIpc) is 3.28. The zero-order valence-corrected chi connectivity index (χ0v) is 13.3. The lowest BCUT2D eigenvalue weighted by Crippen LogP contribution is -2.43. The summed E-state index contributed by atoms with van der Waals surface area (Å²) in [6.07, 6.45) is 0.469. The van der Waals surface area contributed by atoms with Gasteiger partial charge in [0.05, 0.1) is 13.2 Å². The summed E-state index contributed by atoms with van der Waals surface area (Å²) in [7, 11) is 0. The SMILES string of the molecule is Cc1nc([C@@H]2CN(C(=O)[C@@H]3C[C@@H]3c3ccc(F)cc3)CCO2)no1. The number of halogens is 1. The minimum Gasteiger partial charge on any atom is -0.366 e. The molecule has 0 radical (unpaired) electrons. The Hall–Kier alpha value is -2.28. The second-order valence-corrected chi connectivity index (χ2v) is 6.32. The van der Waals surface area contributed by atoms with Crippen molar-refractivity contribution in [3.8, 4) is 0 Å². The summed E-state index contributed by atoms with van der Waals surface area (Å²) in [4.78, 5) is 18.7. The van der Waals surface area contributed by atoms with Gasteiger partial charge in [0.2, 0.25) is 17.6 Å². The Morgan fingerprint density at radius 1 is 1.33 bits per heavy atom. The number of carbonyl (C=O) groups is 1. The molecule has 2 heterocycles. The standard InChI is InChI=1S/C17H18FN3O3/c1-10-19-16(20-24-10)15-9-21(6-7-23-15)17(22)14-8-13(14)11-2-4-12(18)5-3-11/h2-5,13-15H,6-9H2,1H3/t13-,14-,15+/m1/s1. The van der Waals surface area contributed by atoms with E-state index in [0.717, 1.165) is 12.0 Å². The Balaban J connectivity index is 1.41. The minimum atomic E-state index is -0.344. The number of benzene rings is 1. The smallest absolute Gasteiger partial charge is 0.226 e. The summed E-state index contributed by atoms with van der Waals surface area (Å²) in [5.74, 6) is 0.992. The predicted molar refractivity (Wildman–Crippen MR) is 81.6 cm³/mol. The molecule has 1 aliphatic heterocycles. The van der Waals surface area contributed by atoms with Gasteiger partial charge in [0.1, 0.15) is 11.9 Å². The number of ether oxygens (including phenoxy) is 1. The lowest BCUT2D eigenvalue weighted by atomic mass is 10.1. The van der Waals surface area contributed by atoms with Gasteiger partial charge < -0.3 is 14.2 Å². The Kier molecular flexibility index (Phi) is 3.80. The molecule has 2 aromatic rings. The summed E-state index contributed by atoms with van der Waals surface area (Å²) >= 11 is 0. The molecule has 2 aliphatic rings. The summed E-state index contributed by atoms with van der Waals surface area (Å²) in [6, 6.07) is 6.41. The first-order valence-electron chi connectivity index (χ1n) is 8.08. The van der Waals surface area contributed by atoms with Gasteiger partial charge in [0, 0.05) is 19.4 Å². The van der Waals surface area contributed by atoms with Crippen LogP contribution in [0.3, 0.4) is 0 Å². The highest BCUT2D eigenvalue weighted by molar-refractivity contribution is 5.83. The third kappa shape index (κ3) is 2.91. The fourth-order valence-electron chi connectivity index (χ4n) is 3.23. The van der Waals surface area contributed by atoms with Gasteiger partial charge in [-0.05, 0) is 30.0 Å². The first-order valence-corrected chi connectivity index (χ1v) is 8.08. The molecule has 0 bridgehead atoms. The number of nitrogens with zero attached hydrogens (tertiary/aromatic N) is 3. The van der Waals surface area contributed by atoms with E-state index in [9.17, 15) is 9.18 Å². The molecule has 1 saturated heterocycles. The van der Waals surface area contributed by atoms with Gasteiger partial charge in [-0.25, -0.2) is 4.39 Å². The molecule has 0 unspecified atom stereocenters. The van der Waals surface area contributed by atoms with Crippen molar-refractivity contribution >= 4 is 5.91 Å². The molecule has 126 valence electrons. The summed E-state index contributed by atoms with van der Waals surface area (Å²) in [6.45, 7) is 3.18. The van der Waals surface area contributed by atoms with Crippen LogP contribution in [-0.4, -0.2) is 40.6 Å². The van der Waals surface area contributed by atoms with Crippen LogP contribution in [0, 0.1) is 18.7 Å². The van der Waals surface area contributed by atoms with Crippen LogP contribution in [0.1, 0.15) is 35.7 Å². The lowest BCUT2D eigenvalue weighted by Gasteiger charge is -2.31. The van der Waals surface area contributed by atoms with Gasteiger partial charge >= 0.3 is 0 Å². The van der Waals surface area contributed by atoms with Gasteiger partial charge in [0.15, 0.2) is 0 Å². The van der Waals surface area contributed by atoms with E-state index >= 15 is 0 Å². The van der Waals surface area contributed by atoms with Crippen LogP contribution >= 0.6 is 0 Å². The second-order valence-electron chi connectivity index (χ2n) is 6.32. The molecule has 1 saturated carbocycles. The summed E-state index contributed by atoms with van der Waals surface area (Å²) < 4.78 is 23.7. The average molecular weight is 331 g/mol. The van der Waals surface area contributed by atoms with E-state index in [1.165, 1.54) is 12.1 Å². The number of hydrogen-bond acceptors (Lipinski definition) is 5. The molecule has 7 heteroatoms. The van der Waals surface area contributed by atoms with Gasteiger partial charge in [0.25, 0.3) is 0 Å². The van der Waals surface area contributed by atoms with Crippen molar-refractivity contribution in [2.75, 3.05) is 19.7 Å². The number of aryl methyl sites for hydroxylation is 1. The molecule has 0 spiro atoms. The van der Waals surface area contributed by atoms with E-state index in [-0.39, 0.29) is 29.7 Å². The van der Waals surface area contributed by atoms with Crippen LogP contribution in [0.4, 0.5) is 4.39 Å². The molecule has 1 aliphatic carbocycles. The van der Waals surface area contributed by atoms with Crippen molar-refractivity contribution in [3.63, 3.8) is 0 Å². The van der Waals surface area contributed by atoms with Crippen molar-refractivity contribution in [3.05, 3.63) is 47.4 Å². The second kappa shape index (κ2) is 5.98. The maximum atomic E-state index is 13.0. The molecule has 6 nitrogen and oxygen atoms in total. The van der Waals surface area contributed by atoms with Crippen molar-refractivity contribution in [2.24, 2.45) is 5.92 Å². The zero-order chi connectivity index (χ0) is 16.7. The normalized spacial score (nSPS) is 26.4. The fourth-order valence-corrected chi connectivity index (χ4v) is 3.23. The number of rotatable bonds is 3. The van der Waals surface area contributed by atoms with Crippen LogP contribution < -0.4 is 0 Å². The van der Waals surface area contributed by atoms with Crippen molar-refractivity contribution in [1.82, 2.24) is 15.0 Å². The predicted octanol–water partition coefficient (Wildman–Crippen LogP) is 2.22. The maximum Gasteiger partial charge on any atom is 0.226 e. The largest absolute Gasteiger partial charge is 0.366 e. The maximum absolute atomic E-state index is 13.0. The minimum absolute atomic E-state index is 0.0267. The Morgan fingerprint density at radius 3 is 2.83 bits per heavy atom. The highest BCUT2D eigenvalue weighted by Gasteiger charge is 2.46. The van der Waals surface area contributed by atoms with Crippen molar-refractivity contribution < 1.29 is 18.4 Å². The molecule has 4 rings (SSSR count). The van der Waals surface area contributed by atoms with Crippen LogP contribution in [-0.2, 0) is 9.53 Å². The number of amides is 1. The summed E-state index contributed by atoms with van der Waals surface area (Å²) in [5.41, 5.74) is 1.02. The van der Waals surface area contributed by atoms with Crippen molar-refractivity contribution in [1.29, 1.82) is 0 Å². The highest BCUT2D eigenvalue weighted by Crippen LogP contribution is 2.48. The summed E-state index contributed by atoms with van der Waals surface area (Å²) in [5, 5.41) is 3.88. The molecular weight excluding hydrogens is 313 g/mol. The van der Waals surface area contributed by atoms with E-state index in [0.29, 0.717) is 31.4 Å². The monoisotopic (exact) mass is 331 g/mol. The Labute approximate surface area is 138 Å². The highest BCUT2D eigenvalue weighted by atomic mass is 19.1. The fraction of sp³-hybridized carbons (Fsp3) is 0.471. The van der Waals surface area contributed by atoms with Crippen LogP contribution in [0.25, 0.3) is 0 Å². The van der Waals surface area contributed by atoms with Crippen molar-refractivity contribution in [2.45, 2.75) is 25.4 Å². The third-order valence-corrected chi connectivity index (χ3v) is 4.62. The van der Waals surface area contributed by atoms with E-state index in [1.807, 2.05) is 4.90 Å². The lowest BCUT2D eigenvalue weighted by molar-refractivity contribution is -0.140. The topological polar surface area (TPSA) is 68.5 Å². The van der Waals surface area contributed by atoms with Gasteiger partial charge in [-0.1, -0.05) is 17.3 Å². The molecule has 1 aromatic carbocycles. The van der Waals surface area contributed by atoms with Crippen LogP contribution in [0.15, 0.2) is 28.8 Å². The number of aromatic nitrogens is 2. The Bertz CT molecular complexity index is 746.